The third kappa shape index (κ3) is 2.56. The van der Waals surface area contributed by atoms with Crippen LogP contribution in [0.25, 0.3) is 6.08 Å². The first kappa shape index (κ1) is 14.2. The van der Waals surface area contributed by atoms with Crippen LogP contribution in [0.1, 0.15) is 22.2 Å². The Kier molecular flexibility index (Phi) is 3.60. The fourth-order valence-electron chi connectivity index (χ4n) is 2.11. The number of benzene rings is 1. The van der Waals surface area contributed by atoms with Gasteiger partial charge in [0.25, 0.3) is 5.91 Å². The summed E-state index contributed by atoms with van der Waals surface area (Å²) in [7, 11) is 0. The minimum atomic E-state index is -1.25. The smallest absolute Gasteiger partial charge is 0.280 e. The molecule has 0 unspecified atom stereocenters. The lowest BCUT2D eigenvalue weighted by atomic mass is 10.1. The molecule has 2 aromatic rings. The first-order chi connectivity index (χ1) is 10.6. The Morgan fingerprint density at radius 2 is 2.00 bits per heavy atom. The van der Waals surface area contributed by atoms with Crippen molar-refractivity contribution >= 4 is 40.7 Å². The molecule has 110 valence electrons. The quantitative estimate of drug-likeness (QED) is 0.813. The summed E-state index contributed by atoms with van der Waals surface area (Å²) in [5, 5.41) is 18.2. The highest BCUT2D eigenvalue weighted by molar-refractivity contribution is 7.10. The Labute approximate surface area is 130 Å². The van der Waals surface area contributed by atoms with E-state index >= 15 is 0 Å². The van der Waals surface area contributed by atoms with Crippen LogP contribution in [0.5, 0.6) is 0 Å². The minimum Gasteiger partial charge on any atom is -0.545 e. The van der Waals surface area contributed by atoms with Gasteiger partial charge in [0, 0.05) is 4.88 Å². The number of amides is 1. The highest BCUT2D eigenvalue weighted by Crippen LogP contribution is 2.26. The van der Waals surface area contributed by atoms with E-state index in [4.69, 9.17) is 0 Å². The topological polar surface area (TPSA) is 72.8 Å². The summed E-state index contributed by atoms with van der Waals surface area (Å²) in [6.45, 7) is 1.77. The van der Waals surface area contributed by atoms with Crippen LogP contribution in [0.3, 0.4) is 0 Å². The number of carboxylic acid groups (broad SMARTS) is 1. The summed E-state index contributed by atoms with van der Waals surface area (Å²) >= 11 is 1.54. The van der Waals surface area contributed by atoms with Crippen molar-refractivity contribution < 1.29 is 14.7 Å². The van der Waals surface area contributed by atoms with E-state index in [2.05, 4.69) is 5.10 Å². The number of thiophene rings is 1. The summed E-state index contributed by atoms with van der Waals surface area (Å²) < 4.78 is 0. The predicted octanol–water partition coefficient (Wildman–Crippen LogP) is 1.92. The van der Waals surface area contributed by atoms with E-state index in [1.54, 1.807) is 24.3 Å². The minimum absolute atomic E-state index is 0.0606. The molecule has 3 rings (SSSR count). The van der Waals surface area contributed by atoms with Crippen LogP contribution in [0.4, 0.5) is 5.69 Å². The lowest BCUT2D eigenvalue weighted by Gasteiger charge is -2.12. The van der Waals surface area contributed by atoms with Crippen LogP contribution in [0.15, 0.2) is 52.5 Å². The zero-order valence-corrected chi connectivity index (χ0v) is 12.5. The van der Waals surface area contributed by atoms with E-state index in [1.165, 1.54) is 29.3 Å². The lowest BCUT2D eigenvalue weighted by molar-refractivity contribution is -0.255. The van der Waals surface area contributed by atoms with Crippen LogP contribution >= 0.6 is 11.3 Å². The number of hydrogen-bond acceptors (Lipinski definition) is 5. The molecule has 2 heterocycles. The molecule has 0 saturated heterocycles. The van der Waals surface area contributed by atoms with Crippen molar-refractivity contribution in [3.63, 3.8) is 0 Å². The van der Waals surface area contributed by atoms with Gasteiger partial charge in [0.05, 0.1) is 22.9 Å². The normalized spacial score (nSPS) is 16.2. The van der Waals surface area contributed by atoms with Crippen LogP contribution < -0.4 is 10.1 Å². The first-order valence-electron chi connectivity index (χ1n) is 6.53. The lowest BCUT2D eigenvalue weighted by Crippen LogP contribution is -2.23. The molecule has 6 heteroatoms. The highest BCUT2D eigenvalue weighted by atomic mass is 32.1. The molecular formula is C16H11N2O3S-. The second-order valence-corrected chi connectivity index (χ2v) is 5.69. The van der Waals surface area contributed by atoms with Gasteiger partial charge in [0.15, 0.2) is 0 Å². The molecule has 22 heavy (non-hydrogen) atoms. The van der Waals surface area contributed by atoms with Crippen LogP contribution in [-0.4, -0.2) is 17.6 Å². The maximum Gasteiger partial charge on any atom is 0.280 e. The molecule has 0 fully saturated rings. The molecule has 1 aliphatic rings. The molecule has 0 radical (unpaired) electrons. The first-order valence-corrected chi connectivity index (χ1v) is 7.41. The number of hydrazone groups is 1. The molecule has 0 saturated carbocycles. The zero-order valence-electron chi connectivity index (χ0n) is 11.6. The Morgan fingerprint density at radius 1 is 1.27 bits per heavy atom. The van der Waals surface area contributed by atoms with Gasteiger partial charge in [-0.15, -0.1) is 11.3 Å². The molecule has 1 aromatic heterocycles. The molecule has 1 aromatic carbocycles. The molecule has 5 nitrogen and oxygen atoms in total. The second kappa shape index (κ2) is 5.57. The third-order valence-corrected chi connectivity index (χ3v) is 4.06. The Hall–Kier alpha value is -2.73. The van der Waals surface area contributed by atoms with Gasteiger partial charge in [-0.3, -0.25) is 4.79 Å². The van der Waals surface area contributed by atoms with Crippen molar-refractivity contribution in [3.05, 3.63) is 57.8 Å². The SMILES string of the molecule is CC1=NN(c2ccc(C(=O)[O-])cc2)C(=O)/C1=C/c1cccs1. The van der Waals surface area contributed by atoms with Crippen LogP contribution in [-0.2, 0) is 4.79 Å². The van der Waals surface area contributed by atoms with Crippen LogP contribution in [0.2, 0.25) is 0 Å². The maximum absolute atomic E-state index is 12.5. The fourth-order valence-corrected chi connectivity index (χ4v) is 2.77. The summed E-state index contributed by atoms with van der Waals surface area (Å²) in [5.41, 5.74) is 1.74. The monoisotopic (exact) mass is 311 g/mol. The van der Waals surface area contributed by atoms with E-state index in [0.29, 0.717) is 17.0 Å². The molecular weight excluding hydrogens is 300 g/mol. The number of rotatable bonds is 3. The number of carbonyl (C=O) groups excluding carboxylic acids is 2. The van der Waals surface area contributed by atoms with Crippen molar-refractivity contribution in [1.29, 1.82) is 0 Å². The Morgan fingerprint density at radius 3 is 2.59 bits per heavy atom. The van der Waals surface area contributed by atoms with E-state index in [1.807, 2.05) is 17.5 Å². The van der Waals surface area contributed by atoms with E-state index in [0.717, 1.165) is 4.88 Å². The third-order valence-electron chi connectivity index (χ3n) is 3.24. The molecule has 0 N–H and O–H groups in total. The number of hydrogen-bond donors (Lipinski definition) is 0. The molecule has 1 aliphatic heterocycles. The second-order valence-electron chi connectivity index (χ2n) is 4.71. The number of aromatic carboxylic acids is 1. The van der Waals surface area contributed by atoms with Gasteiger partial charge in [-0.05, 0) is 42.1 Å². The fraction of sp³-hybridized carbons (Fsp3) is 0.0625. The van der Waals surface area contributed by atoms with Gasteiger partial charge in [0.2, 0.25) is 0 Å². The zero-order chi connectivity index (χ0) is 15.7. The standard InChI is InChI=1S/C16H12N2O3S/c1-10-14(9-13-3-2-8-22-13)15(19)18(17-10)12-6-4-11(5-7-12)16(20)21/h2-9H,1H3,(H,20,21)/p-1/b14-9+. The van der Waals surface area contributed by atoms with E-state index in [-0.39, 0.29) is 11.5 Å². The highest BCUT2D eigenvalue weighted by Gasteiger charge is 2.28. The average molecular weight is 311 g/mol. The molecule has 1 amide bonds. The summed E-state index contributed by atoms with van der Waals surface area (Å²) in [4.78, 5) is 24.2. The number of nitrogens with zero attached hydrogens (tertiary/aromatic N) is 2. The van der Waals surface area contributed by atoms with Gasteiger partial charge < -0.3 is 9.90 Å². The number of carbonyl (C=O) groups is 2. The molecule has 0 aliphatic carbocycles. The molecule has 0 spiro atoms. The predicted molar refractivity (Wildman–Crippen MR) is 83.7 cm³/mol. The number of anilines is 1. The molecule has 0 atom stereocenters. The van der Waals surface area contributed by atoms with Crippen molar-refractivity contribution in [1.82, 2.24) is 0 Å². The Balaban J connectivity index is 1.91. The molecule has 0 bridgehead atoms. The van der Waals surface area contributed by atoms with Crippen LogP contribution in [0, 0.1) is 0 Å². The summed E-state index contributed by atoms with van der Waals surface area (Å²) in [6.07, 6.45) is 1.81. The Bertz CT molecular complexity index is 789. The van der Waals surface area contributed by atoms with Crippen molar-refractivity contribution in [2.75, 3.05) is 5.01 Å². The van der Waals surface area contributed by atoms with Gasteiger partial charge in [-0.25, -0.2) is 0 Å². The van der Waals surface area contributed by atoms with Gasteiger partial charge in [0.1, 0.15) is 0 Å². The largest absolute Gasteiger partial charge is 0.545 e. The van der Waals surface area contributed by atoms with Crippen molar-refractivity contribution in [2.24, 2.45) is 5.10 Å². The van der Waals surface area contributed by atoms with E-state index in [9.17, 15) is 14.7 Å². The van der Waals surface area contributed by atoms with Gasteiger partial charge in [-0.1, -0.05) is 18.2 Å². The maximum atomic E-state index is 12.5. The summed E-state index contributed by atoms with van der Waals surface area (Å²) in [5.74, 6) is -1.48. The van der Waals surface area contributed by atoms with Crippen molar-refractivity contribution in [3.8, 4) is 0 Å². The summed E-state index contributed by atoms with van der Waals surface area (Å²) in [6, 6.07) is 9.70. The van der Waals surface area contributed by atoms with Crippen molar-refractivity contribution in [2.45, 2.75) is 6.92 Å². The van der Waals surface area contributed by atoms with Gasteiger partial charge in [-0.2, -0.15) is 10.1 Å². The number of carboxylic acids is 1. The average Bonchev–Trinajstić information content (AvgIpc) is 3.11. The van der Waals surface area contributed by atoms with E-state index < -0.39 is 5.97 Å². The van der Waals surface area contributed by atoms with Gasteiger partial charge >= 0.3 is 0 Å².